The third kappa shape index (κ3) is 8.86. The van der Waals surface area contributed by atoms with Gasteiger partial charge in [0, 0.05) is 18.7 Å². The molecule has 2 aromatic heterocycles. The van der Waals surface area contributed by atoms with Crippen molar-refractivity contribution in [3.8, 4) is 45.5 Å². The number of hydrogen-bond donors (Lipinski definition) is 1. The Bertz CT molecular complexity index is 2020. The number of rotatable bonds is 8. The molecule has 7 rings (SSSR count). The summed E-state index contributed by atoms with van der Waals surface area (Å²) in [6.07, 6.45) is -5.77. The van der Waals surface area contributed by atoms with Crippen molar-refractivity contribution >= 4 is 11.6 Å². The zero-order chi connectivity index (χ0) is 39.1. The fourth-order valence-electron chi connectivity index (χ4n) is 7.57. The zero-order valence-corrected chi connectivity index (χ0v) is 30.8. The van der Waals surface area contributed by atoms with E-state index in [0.717, 1.165) is 81.8 Å². The van der Waals surface area contributed by atoms with E-state index in [9.17, 15) is 31.4 Å². The Kier molecular flexibility index (Phi) is 11.0. The average Bonchev–Trinajstić information content (AvgIpc) is 3.12. The molecule has 0 bridgehead atoms. The summed E-state index contributed by atoms with van der Waals surface area (Å²) >= 11 is 6.53. The molecule has 2 aromatic carbocycles. The van der Waals surface area contributed by atoms with E-state index in [4.69, 9.17) is 25.8 Å². The Labute approximate surface area is 318 Å². The molecule has 17 heteroatoms. The van der Waals surface area contributed by atoms with E-state index < -0.39 is 35.5 Å². The highest BCUT2D eigenvalue weighted by molar-refractivity contribution is 6.33. The lowest BCUT2D eigenvalue weighted by Gasteiger charge is -2.32. The van der Waals surface area contributed by atoms with Gasteiger partial charge in [-0.05, 0) is 120 Å². The summed E-state index contributed by atoms with van der Waals surface area (Å²) < 4.78 is 101. The molecule has 3 aliphatic heterocycles. The predicted octanol–water partition coefficient (Wildman–Crippen LogP) is 7.94. The van der Waals surface area contributed by atoms with Gasteiger partial charge in [-0.25, -0.2) is 0 Å². The molecule has 294 valence electrons. The minimum absolute atomic E-state index is 0.00279. The summed E-state index contributed by atoms with van der Waals surface area (Å²) in [5, 5.41) is 27.7. The van der Waals surface area contributed by atoms with E-state index >= 15 is 0 Å². The van der Waals surface area contributed by atoms with Gasteiger partial charge >= 0.3 is 12.4 Å². The molecule has 1 N–H and O–H groups in total. The monoisotopic (exact) mass is 792 g/mol. The molecule has 0 aliphatic carbocycles. The molecule has 3 aliphatic rings. The molecule has 0 radical (unpaired) electrons. The molecule has 3 atom stereocenters. The fraction of sp³-hybridized carbons (Fsp3) is 0.474. The summed E-state index contributed by atoms with van der Waals surface area (Å²) in [6.45, 7) is 3.26. The van der Waals surface area contributed by atoms with Crippen LogP contribution in [0.4, 0.5) is 26.3 Å². The Morgan fingerprint density at radius 3 is 2.13 bits per heavy atom. The number of phenols is 1. The van der Waals surface area contributed by atoms with Crippen LogP contribution in [0.25, 0.3) is 22.5 Å². The smallest absolute Gasteiger partial charge is 0.416 e. The van der Waals surface area contributed by atoms with E-state index in [1.54, 1.807) is 12.1 Å². The number of benzene rings is 2. The van der Waals surface area contributed by atoms with E-state index in [2.05, 4.69) is 37.2 Å². The summed E-state index contributed by atoms with van der Waals surface area (Å²) in [5.74, 6) is -0.414. The first-order valence-electron chi connectivity index (χ1n) is 18.0. The van der Waals surface area contributed by atoms with Crippen molar-refractivity contribution in [2.75, 3.05) is 46.9 Å². The highest BCUT2D eigenvalue weighted by atomic mass is 35.5. The van der Waals surface area contributed by atoms with Gasteiger partial charge in [0.25, 0.3) is 6.29 Å². The van der Waals surface area contributed by atoms with Crippen LogP contribution in [0.3, 0.4) is 0 Å². The van der Waals surface area contributed by atoms with Gasteiger partial charge in [0.05, 0.1) is 33.1 Å². The lowest BCUT2D eigenvalue weighted by Crippen LogP contribution is -2.36. The van der Waals surface area contributed by atoms with Gasteiger partial charge < -0.3 is 29.1 Å². The third-order valence-electron chi connectivity index (χ3n) is 10.2. The second-order valence-corrected chi connectivity index (χ2v) is 15.0. The molecular formula is C38H39ClF6N6O4. The maximum Gasteiger partial charge on any atom is 0.416 e. The molecule has 0 spiro atoms. The minimum Gasteiger partial charge on any atom is -0.507 e. The van der Waals surface area contributed by atoms with Gasteiger partial charge in [-0.3, -0.25) is 0 Å². The quantitative estimate of drug-likeness (QED) is 0.177. The lowest BCUT2D eigenvalue weighted by molar-refractivity contribution is -0.138. The van der Waals surface area contributed by atoms with Crippen LogP contribution in [0.5, 0.6) is 23.0 Å². The van der Waals surface area contributed by atoms with Gasteiger partial charge in [0.1, 0.15) is 22.9 Å². The molecule has 0 saturated carbocycles. The maximum absolute atomic E-state index is 14.1. The van der Waals surface area contributed by atoms with Crippen LogP contribution < -0.4 is 14.2 Å². The molecule has 1 unspecified atom stereocenters. The summed E-state index contributed by atoms with van der Waals surface area (Å²) in [6, 6.07) is 7.45. The molecule has 55 heavy (non-hydrogen) atoms. The molecule has 4 aromatic rings. The van der Waals surface area contributed by atoms with Crippen LogP contribution in [0, 0.1) is 11.8 Å². The Morgan fingerprint density at radius 1 is 0.818 bits per heavy atom. The van der Waals surface area contributed by atoms with Crippen molar-refractivity contribution in [2.24, 2.45) is 11.8 Å². The van der Waals surface area contributed by atoms with Crippen molar-refractivity contribution in [3.05, 3.63) is 70.0 Å². The van der Waals surface area contributed by atoms with Crippen LogP contribution in [-0.2, 0) is 25.2 Å². The Morgan fingerprint density at radius 2 is 1.51 bits per heavy atom. The number of aromatic nitrogens is 4. The van der Waals surface area contributed by atoms with Gasteiger partial charge in [-0.15, -0.1) is 5.10 Å². The van der Waals surface area contributed by atoms with Gasteiger partial charge in [-0.1, -0.05) is 11.6 Å². The highest BCUT2D eigenvalue weighted by Gasteiger charge is 2.37. The number of phenolic OH excluding ortho intramolecular Hbond substituents is 1. The first kappa shape index (κ1) is 38.8. The summed E-state index contributed by atoms with van der Waals surface area (Å²) in [7, 11) is 4.07. The lowest BCUT2D eigenvalue weighted by atomic mass is 9.93. The molecular weight excluding hydrogens is 754 g/mol. The SMILES string of the molecule is CN1CCC[C@@H](Cc2ccc(-c3c(Cl)cc(C(F)(F)F)cc3OC3COc4c(-c5ccc(C(F)(F)F)cc5O)nnc(C[C@@H]5CCCN(C)C5)c4O3)nn2)C1. The number of nitrogens with zero attached hydrogens (tertiary/aromatic N) is 6. The largest absolute Gasteiger partial charge is 0.507 e. The topological polar surface area (TPSA) is 106 Å². The highest BCUT2D eigenvalue weighted by Crippen LogP contribution is 2.47. The normalized spacial score (nSPS) is 21.1. The number of halogens is 7. The second-order valence-electron chi connectivity index (χ2n) is 14.5. The summed E-state index contributed by atoms with van der Waals surface area (Å²) in [5.41, 5.74) is -0.957. The van der Waals surface area contributed by atoms with Crippen molar-refractivity contribution < 1.29 is 45.7 Å². The third-order valence-corrected chi connectivity index (χ3v) is 10.5. The van der Waals surface area contributed by atoms with Crippen molar-refractivity contribution in [2.45, 2.75) is 57.2 Å². The molecule has 2 fully saturated rings. The van der Waals surface area contributed by atoms with Gasteiger partial charge in [0.2, 0.25) is 0 Å². The number of ether oxygens (including phenoxy) is 3. The van der Waals surface area contributed by atoms with Crippen molar-refractivity contribution in [1.82, 2.24) is 30.2 Å². The number of piperidine rings is 2. The van der Waals surface area contributed by atoms with Crippen molar-refractivity contribution in [1.29, 1.82) is 0 Å². The Hall–Kier alpha value is -4.41. The van der Waals surface area contributed by atoms with Crippen LogP contribution in [0.1, 0.15) is 48.2 Å². The zero-order valence-electron chi connectivity index (χ0n) is 30.1. The standard InChI is InChI=1S/C38H39ClF6N6O4/c1-50-11-3-5-21(18-50)13-25-8-10-28(47-46-25)33-27(39)15-24(38(43,44)45)17-31(33)54-32-20-53-36-34(26-9-7-23(16-30(26)52)37(40,41)42)49-48-29(35(36)55-32)14-22-6-4-12-51(2)19-22/h7-10,15-17,21-22,32,52H,3-6,11-14,18-20H2,1-2H3/t21-,22-,32?/m0/s1. The second kappa shape index (κ2) is 15.6. The van der Waals surface area contributed by atoms with E-state index in [-0.39, 0.29) is 57.3 Å². The first-order valence-corrected chi connectivity index (χ1v) is 18.4. The molecule has 0 amide bonds. The van der Waals surface area contributed by atoms with Crippen LogP contribution in [0.15, 0.2) is 42.5 Å². The summed E-state index contributed by atoms with van der Waals surface area (Å²) in [4.78, 5) is 4.44. The van der Waals surface area contributed by atoms with Gasteiger partial charge in [-0.2, -0.15) is 41.6 Å². The first-order chi connectivity index (χ1) is 26.1. The number of fused-ring (bicyclic) bond motifs is 1. The molecule has 10 nitrogen and oxygen atoms in total. The number of hydrogen-bond acceptors (Lipinski definition) is 10. The maximum atomic E-state index is 14.1. The number of alkyl halides is 6. The fourth-order valence-corrected chi connectivity index (χ4v) is 7.87. The minimum atomic E-state index is -4.77. The average molecular weight is 793 g/mol. The van der Waals surface area contributed by atoms with E-state index in [1.165, 1.54) is 0 Å². The number of aromatic hydroxyl groups is 1. The van der Waals surface area contributed by atoms with Crippen molar-refractivity contribution in [3.63, 3.8) is 0 Å². The molecule has 5 heterocycles. The predicted molar refractivity (Wildman–Crippen MR) is 190 cm³/mol. The number of likely N-dealkylation sites (tertiary alicyclic amines) is 2. The van der Waals surface area contributed by atoms with E-state index in [0.29, 0.717) is 30.5 Å². The van der Waals surface area contributed by atoms with Crippen LogP contribution in [0.2, 0.25) is 5.02 Å². The Balaban J connectivity index is 1.22. The molecule has 2 saturated heterocycles. The van der Waals surface area contributed by atoms with Crippen LogP contribution in [-0.4, -0.2) is 88.5 Å². The van der Waals surface area contributed by atoms with Crippen LogP contribution >= 0.6 is 11.6 Å². The van der Waals surface area contributed by atoms with E-state index in [1.807, 2.05) is 7.05 Å². The van der Waals surface area contributed by atoms with Gasteiger partial charge in [0.15, 0.2) is 18.1 Å².